The molecule has 384 valence electrons. The van der Waals surface area contributed by atoms with Crippen molar-refractivity contribution in [3.05, 3.63) is 0 Å². The fraction of sp³-hybridized carbons (Fsp3) is 0.783. The van der Waals surface area contributed by atoms with Gasteiger partial charge in [-0.2, -0.15) is 0 Å². The van der Waals surface area contributed by atoms with Crippen molar-refractivity contribution in [1.82, 2.24) is 47.9 Å². The number of hydrogen-bond acceptors (Lipinski definition) is 12. The van der Waals surface area contributed by atoms with Gasteiger partial charge in [-0.1, -0.05) is 55.4 Å². The lowest BCUT2D eigenvalue weighted by Crippen LogP contribution is -2.64. The van der Waals surface area contributed by atoms with Crippen molar-refractivity contribution in [1.29, 1.82) is 0 Å². The van der Waals surface area contributed by atoms with Crippen LogP contribution in [0.15, 0.2) is 0 Å². The van der Waals surface area contributed by atoms with Gasteiger partial charge < -0.3 is 57.3 Å². The Kier molecular flexibility index (Phi) is 23.5. The number of carbonyl (C=O) groups is 10. The Morgan fingerprint density at radius 2 is 0.746 bits per heavy atom. The number of hydrogen-bond donors (Lipinski definition) is 9. The molecule has 21 heteroatoms. The Morgan fingerprint density at radius 1 is 0.418 bits per heavy atom. The molecule has 0 unspecified atom stereocenters. The van der Waals surface area contributed by atoms with Crippen molar-refractivity contribution in [3.63, 3.8) is 0 Å². The zero-order chi connectivity index (χ0) is 52.7. The van der Waals surface area contributed by atoms with Crippen molar-refractivity contribution < 1.29 is 57.4 Å². The summed E-state index contributed by atoms with van der Waals surface area (Å²) in [6.07, 6.45) is -0.472. The predicted molar refractivity (Wildman–Crippen MR) is 251 cm³/mol. The predicted octanol–water partition coefficient (Wildman–Crippen LogP) is 1.61. The van der Waals surface area contributed by atoms with Crippen molar-refractivity contribution in [2.45, 2.75) is 203 Å². The van der Waals surface area contributed by atoms with Crippen LogP contribution in [0.25, 0.3) is 0 Å². The first kappa shape index (κ1) is 61.5. The molecule has 9 amide bonds. The van der Waals surface area contributed by atoms with Gasteiger partial charge in [0.1, 0.15) is 58.5 Å². The highest BCUT2D eigenvalue weighted by atomic mass is 16.6. The molecule has 9 N–H and O–H groups in total. The standard InChI is InChI=1S/C46H83N9O12/c1-23(2)21-29(49-33(56)27(9)48-38(61)32(26(7)8)52-40(63)45(16,17)55-42(65)67-43(11,12)13)35(58)53-44(14,15)39(62)51-31(25(5)6)37(60)47-28(10)34(57)50-30(22-24(3)4)36(59)54-46(18,19)41(64)66-20/h23-32H,21-22H2,1-20H3,(H,47,60)(H,48,61)(H,49,56)(H,50,57)(H,51,62)(H,52,63)(H,53,58)(H,54,59)(H,55,65)/t27-,28-,29-,30-,31-,32-/m0/s1. The van der Waals surface area contributed by atoms with E-state index in [9.17, 15) is 47.9 Å². The largest absolute Gasteiger partial charge is 0.467 e. The molecule has 21 nitrogen and oxygen atoms in total. The van der Waals surface area contributed by atoms with Gasteiger partial charge in [0.25, 0.3) is 0 Å². The molecular formula is C46H83N9O12. The minimum absolute atomic E-state index is 0.0398. The normalized spacial score (nSPS) is 14.9. The molecule has 0 heterocycles. The number of carbonyl (C=O) groups excluding carboxylic acids is 10. The number of ether oxygens (including phenoxy) is 2. The monoisotopic (exact) mass is 954 g/mol. The van der Waals surface area contributed by atoms with Crippen molar-refractivity contribution >= 4 is 59.3 Å². The maximum absolute atomic E-state index is 13.8. The van der Waals surface area contributed by atoms with E-state index < -0.39 is 130 Å². The van der Waals surface area contributed by atoms with E-state index in [1.54, 1.807) is 48.5 Å². The number of alkyl carbamates (subject to hydrolysis) is 1. The first-order chi connectivity index (χ1) is 30.3. The van der Waals surface area contributed by atoms with Gasteiger partial charge in [-0.3, -0.25) is 38.4 Å². The van der Waals surface area contributed by atoms with E-state index in [2.05, 4.69) is 47.9 Å². The molecular weight excluding hydrogens is 871 g/mol. The maximum atomic E-state index is 13.8. The summed E-state index contributed by atoms with van der Waals surface area (Å²) >= 11 is 0. The minimum atomic E-state index is -1.64. The van der Waals surface area contributed by atoms with Gasteiger partial charge in [-0.05, 0) is 113 Å². The Labute approximate surface area is 397 Å². The summed E-state index contributed by atoms with van der Waals surface area (Å²) in [5.41, 5.74) is -5.32. The first-order valence-corrected chi connectivity index (χ1v) is 22.8. The van der Waals surface area contributed by atoms with E-state index >= 15 is 0 Å². The molecule has 0 aliphatic heterocycles. The van der Waals surface area contributed by atoms with Crippen LogP contribution in [0.3, 0.4) is 0 Å². The average molecular weight is 954 g/mol. The van der Waals surface area contributed by atoms with Crippen LogP contribution < -0.4 is 47.9 Å². The SMILES string of the molecule is COC(=O)C(C)(C)NC(=O)[C@H](CC(C)C)NC(=O)[C@H](C)NC(=O)[C@@H](NC(=O)C(C)(C)NC(=O)[C@H](CC(C)C)NC(=O)[C@H](C)NC(=O)[C@@H](NC(=O)C(C)(C)NC(=O)OC(C)(C)C)C(C)C)C(C)C. The molecule has 0 radical (unpaired) electrons. The second-order valence-electron chi connectivity index (χ2n) is 21.2. The van der Waals surface area contributed by atoms with Crippen LogP contribution in [-0.2, 0) is 52.6 Å². The molecule has 0 aliphatic carbocycles. The molecule has 0 aromatic heterocycles. The van der Waals surface area contributed by atoms with Gasteiger partial charge in [-0.15, -0.1) is 0 Å². The summed E-state index contributed by atoms with van der Waals surface area (Å²) in [5.74, 6) is -7.41. The number of rotatable bonds is 24. The summed E-state index contributed by atoms with van der Waals surface area (Å²) in [6.45, 7) is 30.5. The third kappa shape index (κ3) is 21.3. The van der Waals surface area contributed by atoms with Crippen LogP contribution in [0.1, 0.15) is 144 Å². The minimum Gasteiger partial charge on any atom is -0.467 e. The molecule has 0 fully saturated rings. The van der Waals surface area contributed by atoms with Crippen LogP contribution in [0.5, 0.6) is 0 Å². The molecule has 67 heavy (non-hydrogen) atoms. The number of amides is 9. The van der Waals surface area contributed by atoms with Gasteiger partial charge in [0.2, 0.25) is 47.3 Å². The van der Waals surface area contributed by atoms with Crippen LogP contribution in [0.2, 0.25) is 0 Å². The molecule has 6 atom stereocenters. The van der Waals surface area contributed by atoms with Crippen LogP contribution >= 0.6 is 0 Å². The molecule has 0 rings (SSSR count). The lowest BCUT2D eigenvalue weighted by molar-refractivity contribution is -0.149. The molecule has 0 spiro atoms. The second-order valence-corrected chi connectivity index (χ2v) is 21.2. The van der Waals surface area contributed by atoms with E-state index in [0.717, 1.165) is 0 Å². The van der Waals surface area contributed by atoms with Gasteiger partial charge >= 0.3 is 12.1 Å². The van der Waals surface area contributed by atoms with Crippen LogP contribution in [0, 0.1) is 23.7 Å². The average Bonchev–Trinajstić information content (AvgIpc) is 3.15. The van der Waals surface area contributed by atoms with E-state index in [-0.39, 0.29) is 24.7 Å². The van der Waals surface area contributed by atoms with E-state index in [4.69, 9.17) is 9.47 Å². The van der Waals surface area contributed by atoms with Crippen LogP contribution in [0.4, 0.5) is 4.79 Å². The Balaban J connectivity index is 5.93. The van der Waals surface area contributed by atoms with Gasteiger partial charge in [0, 0.05) is 0 Å². The Bertz CT molecular complexity index is 1790. The van der Waals surface area contributed by atoms with E-state index in [1.165, 1.54) is 62.5 Å². The third-order valence-electron chi connectivity index (χ3n) is 10.2. The first-order valence-electron chi connectivity index (χ1n) is 22.8. The Morgan fingerprint density at radius 3 is 1.04 bits per heavy atom. The quantitative estimate of drug-likeness (QED) is 0.0624. The zero-order valence-electron chi connectivity index (χ0n) is 43.6. The number of methoxy groups -OCH3 is 1. The summed E-state index contributed by atoms with van der Waals surface area (Å²) in [6, 6.07) is -6.89. The van der Waals surface area contributed by atoms with Gasteiger partial charge in [-0.25, -0.2) is 9.59 Å². The molecule has 0 saturated carbocycles. The van der Waals surface area contributed by atoms with Crippen molar-refractivity contribution in [3.8, 4) is 0 Å². The highest BCUT2D eigenvalue weighted by Gasteiger charge is 2.40. The van der Waals surface area contributed by atoms with Crippen LogP contribution in [-0.4, -0.2) is 125 Å². The Hall–Kier alpha value is -5.50. The van der Waals surface area contributed by atoms with Crippen molar-refractivity contribution in [2.24, 2.45) is 23.7 Å². The summed E-state index contributed by atoms with van der Waals surface area (Å²) in [4.78, 5) is 132. The van der Waals surface area contributed by atoms with Gasteiger partial charge in [0.15, 0.2) is 0 Å². The van der Waals surface area contributed by atoms with Crippen molar-refractivity contribution in [2.75, 3.05) is 7.11 Å². The van der Waals surface area contributed by atoms with E-state index in [1.807, 2.05) is 27.7 Å². The molecule has 0 aromatic rings. The lowest BCUT2D eigenvalue weighted by Gasteiger charge is -2.32. The highest BCUT2D eigenvalue weighted by molar-refractivity contribution is 5.99. The molecule has 0 aliphatic rings. The smallest absolute Gasteiger partial charge is 0.408 e. The summed E-state index contributed by atoms with van der Waals surface area (Å²) in [5, 5.41) is 23.5. The topological polar surface area (TPSA) is 297 Å². The molecule has 0 aromatic carbocycles. The fourth-order valence-corrected chi connectivity index (χ4v) is 6.22. The fourth-order valence-electron chi connectivity index (χ4n) is 6.22. The number of nitrogens with one attached hydrogen (secondary N) is 9. The highest BCUT2D eigenvalue weighted by Crippen LogP contribution is 2.15. The lowest BCUT2D eigenvalue weighted by atomic mass is 9.97. The van der Waals surface area contributed by atoms with Gasteiger partial charge in [0.05, 0.1) is 7.11 Å². The summed E-state index contributed by atoms with van der Waals surface area (Å²) in [7, 11) is 1.19. The van der Waals surface area contributed by atoms with E-state index in [0.29, 0.717) is 0 Å². The second kappa shape index (κ2) is 25.6. The number of esters is 1. The summed E-state index contributed by atoms with van der Waals surface area (Å²) < 4.78 is 10.0. The zero-order valence-corrected chi connectivity index (χ0v) is 43.6. The molecule has 0 bridgehead atoms. The maximum Gasteiger partial charge on any atom is 0.408 e. The molecule has 0 saturated heterocycles. The third-order valence-corrected chi connectivity index (χ3v) is 10.2.